The van der Waals surface area contributed by atoms with Crippen molar-refractivity contribution in [3.63, 3.8) is 0 Å². The molecule has 0 saturated heterocycles. The van der Waals surface area contributed by atoms with E-state index in [1.165, 1.54) is 0 Å². The smallest absolute Gasteiger partial charge is 0.140 e. The number of nitrogens with zero attached hydrogens (tertiary/aromatic N) is 1. The van der Waals surface area contributed by atoms with E-state index in [4.69, 9.17) is 0 Å². The van der Waals surface area contributed by atoms with E-state index in [0.717, 1.165) is 19.4 Å². The van der Waals surface area contributed by atoms with Gasteiger partial charge in [-0.1, -0.05) is 13.8 Å². The molecule has 14 heavy (non-hydrogen) atoms. The van der Waals surface area contributed by atoms with Gasteiger partial charge in [0.05, 0.1) is 0 Å². The fourth-order valence-corrected chi connectivity index (χ4v) is 3.16. The third kappa shape index (κ3) is 1.60. The first-order valence-corrected chi connectivity index (χ1v) is 5.60. The van der Waals surface area contributed by atoms with Gasteiger partial charge in [-0.3, -0.25) is 4.79 Å². The summed E-state index contributed by atoms with van der Waals surface area (Å²) in [4.78, 5) is 14.1. The van der Waals surface area contributed by atoms with E-state index in [1.54, 1.807) is 0 Å². The standard InChI is InChI=1S/C12H21NO/c1-12(2)6-8(7-13(3)4)11(14)9-5-10(9)12/h8-10H,5-7H2,1-4H3. The second kappa shape index (κ2) is 3.06. The molecule has 0 aliphatic heterocycles. The summed E-state index contributed by atoms with van der Waals surface area (Å²) < 4.78 is 0. The molecule has 2 fully saturated rings. The molecule has 0 bridgehead atoms. The molecule has 0 aromatic carbocycles. The molecular weight excluding hydrogens is 174 g/mol. The lowest BCUT2D eigenvalue weighted by molar-refractivity contribution is -0.128. The van der Waals surface area contributed by atoms with Crippen molar-refractivity contribution in [1.29, 1.82) is 0 Å². The number of ketones is 1. The lowest BCUT2D eigenvalue weighted by atomic mass is 9.71. The Balaban J connectivity index is 2.07. The minimum absolute atomic E-state index is 0.295. The maximum Gasteiger partial charge on any atom is 0.140 e. The number of hydrogen-bond acceptors (Lipinski definition) is 2. The molecular formula is C12H21NO. The molecule has 2 saturated carbocycles. The predicted molar refractivity (Wildman–Crippen MR) is 57.0 cm³/mol. The third-order valence-corrected chi connectivity index (χ3v) is 3.92. The van der Waals surface area contributed by atoms with E-state index >= 15 is 0 Å². The summed E-state index contributed by atoms with van der Waals surface area (Å²) in [7, 11) is 4.11. The normalized spacial score (nSPS) is 39.8. The second-order valence-corrected chi connectivity index (χ2v) is 6.00. The van der Waals surface area contributed by atoms with Crippen LogP contribution in [0.2, 0.25) is 0 Å². The van der Waals surface area contributed by atoms with Gasteiger partial charge in [0.15, 0.2) is 0 Å². The number of fused-ring (bicyclic) bond motifs is 1. The van der Waals surface area contributed by atoms with Crippen LogP contribution in [0.25, 0.3) is 0 Å². The van der Waals surface area contributed by atoms with Crippen LogP contribution in [0.15, 0.2) is 0 Å². The Bertz CT molecular complexity index is 257. The minimum Gasteiger partial charge on any atom is -0.309 e. The molecule has 3 unspecified atom stereocenters. The van der Waals surface area contributed by atoms with Gasteiger partial charge in [0, 0.05) is 18.4 Å². The zero-order valence-corrected chi connectivity index (χ0v) is 9.71. The van der Waals surface area contributed by atoms with Crippen LogP contribution < -0.4 is 0 Å². The van der Waals surface area contributed by atoms with Crippen LogP contribution in [0, 0.1) is 23.2 Å². The molecule has 0 radical (unpaired) electrons. The molecule has 0 aromatic rings. The number of carbonyl (C=O) groups is 1. The molecule has 2 aliphatic rings. The minimum atomic E-state index is 0.295. The first kappa shape index (κ1) is 10.2. The first-order valence-electron chi connectivity index (χ1n) is 5.60. The maximum atomic E-state index is 12.0. The van der Waals surface area contributed by atoms with E-state index in [0.29, 0.717) is 29.0 Å². The van der Waals surface area contributed by atoms with Crippen molar-refractivity contribution in [3.05, 3.63) is 0 Å². The number of carbonyl (C=O) groups excluding carboxylic acids is 1. The summed E-state index contributed by atoms with van der Waals surface area (Å²) in [6, 6.07) is 0. The van der Waals surface area contributed by atoms with Gasteiger partial charge in [0.25, 0.3) is 0 Å². The maximum absolute atomic E-state index is 12.0. The summed E-state index contributed by atoms with van der Waals surface area (Å²) in [6.45, 7) is 5.59. The van der Waals surface area contributed by atoms with Gasteiger partial charge in [-0.2, -0.15) is 0 Å². The van der Waals surface area contributed by atoms with E-state index in [9.17, 15) is 4.79 Å². The van der Waals surface area contributed by atoms with E-state index in [-0.39, 0.29) is 0 Å². The lowest BCUT2D eigenvalue weighted by Gasteiger charge is -2.35. The Morgan fingerprint density at radius 3 is 2.64 bits per heavy atom. The van der Waals surface area contributed by atoms with Crippen molar-refractivity contribution in [2.75, 3.05) is 20.6 Å². The van der Waals surface area contributed by atoms with Crippen molar-refractivity contribution in [2.45, 2.75) is 26.7 Å². The third-order valence-electron chi connectivity index (χ3n) is 3.92. The van der Waals surface area contributed by atoms with Crippen molar-refractivity contribution in [3.8, 4) is 0 Å². The van der Waals surface area contributed by atoms with Gasteiger partial charge in [-0.05, 0) is 38.3 Å². The Labute approximate surface area is 86.7 Å². The quantitative estimate of drug-likeness (QED) is 0.669. The number of rotatable bonds is 2. The van der Waals surface area contributed by atoms with Crippen LogP contribution in [0.3, 0.4) is 0 Å². The highest BCUT2D eigenvalue weighted by Crippen LogP contribution is 2.58. The van der Waals surface area contributed by atoms with Gasteiger partial charge in [0.1, 0.15) is 5.78 Å². The zero-order valence-electron chi connectivity index (χ0n) is 9.71. The van der Waals surface area contributed by atoms with Crippen LogP contribution in [-0.2, 0) is 4.79 Å². The van der Waals surface area contributed by atoms with Gasteiger partial charge in [-0.15, -0.1) is 0 Å². The Morgan fingerprint density at radius 2 is 2.07 bits per heavy atom. The molecule has 2 aliphatic carbocycles. The Hall–Kier alpha value is -0.370. The molecule has 2 rings (SSSR count). The fraction of sp³-hybridized carbons (Fsp3) is 0.917. The predicted octanol–water partition coefficient (Wildman–Crippen LogP) is 1.80. The molecule has 0 heterocycles. The van der Waals surface area contributed by atoms with Crippen LogP contribution in [0.4, 0.5) is 0 Å². The van der Waals surface area contributed by atoms with Crippen molar-refractivity contribution in [1.82, 2.24) is 4.90 Å². The second-order valence-electron chi connectivity index (χ2n) is 6.00. The van der Waals surface area contributed by atoms with Gasteiger partial charge in [0.2, 0.25) is 0 Å². The average molecular weight is 195 g/mol. The summed E-state index contributed by atoms with van der Waals surface area (Å²) in [6.07, 6.45) is 2.25. The van der Waals surface area contributed by atoms with Crippen molar-refractivity contribution < 1.29 is 4.79 Å². The monoisotopic (exact) mass is 195 g/mol. The molecule has 0 aromatic heterocycles. The Morgan fingerprint density at radius 1 is 1.43 bits per heavy atom. The van der Waals surface area contributed by atoms with E-state index < -0.39 is 0 Å². The molecule has 3 atom stereocenters. The van der Waals surface area contributed by atoms with Crippen LogP contribution in [-0.4, -0.2) is 31.3 Å². The summed E-state index contributed by atoms with van der Waals surface area (Å²) >= 11 is 0. The molecule has 0 N–H and O–H groups in total. The lowest BCUT2D eigenvalue weighted by Crippen LogP contribution is -2.38. The van der Waals surface area contributed by atoms with E-state index in [1.807, 2.05) is 0 Å². The highest BCUT2D eigenvalue weighted by atomic mass is 16.1. The van der Waals surface area contributed by atoms with Crippen LogP contribution >= 0.6 is 0 Å². The molecule has 2 heteroatoms. The SMILES string of the molecule is CN(C)CC1CC(C)(C)C2CC2C1=O. The first-order chi connectivity index (χ1) is 6.42. The fourth-order valence-electron chi connectivity index (χ4n) is 3.16. The van der Waals surface area contributed by atoms with Gasteiger partial charge >= 0.3 is 0 Å². The van der Waals surface area contributed by atoms with Crippen molar-refractivity contribution in [2.24, 2.45) is 23.2 Å². The summed E-state index contributed by atoms with van der Waals surface area (Å²) in [5, 5.41) is 0. The van der Waals surface area contributed by atoms with E-state index in [2.05, 4.69) is 32.8 Å². The highest BCUT2D eigenvalue weighted by molar-refractivity contribution is 5.87. The van der Waals surface area contributed by atoms with Crippen LogP contribution in [0.5, 0.6) is 0 Å². The number of Topliss-reactive ketones (excluding diaryl/α,β-unsaturated/α-hetero) is 1. The molecule has 2 nitrogen and oxygen atoms in total. The largest absolute Gasteiger partial charge is 0.309 e. The van der Waals surface area contributed by atoms with Crippen LogP contribution in [0.1, 0.15) is 26.7 Å². The van der Waals surface area contributed by atoms with Gasteiger partial charge < -0.3 is 4.90 Å². The topological polar surface area (TPSA) is 20.3 Å². The molecule has 80 valence electrons. The number of hydrogen-bond donors (Lipinski definition) is 0. The molecule has 0 spiro atoms. The summed E-state index contributed by atoms with van der Waals surface area (Å²) in [5.74, 6) is 1.96. The Kier molecular flexibility index (Phi) is 2.22. The van der Waals surface area contributed by atoms with Crippen molar-refractivity contribution >= 4 is 5.78 Å². The zero-order chi connectivity index (χ0) is 10.5. The highest BCUT2D eigenvalue weighted by Gasteiger charge is 2.57. The van der Waals surface area contributed by atoms with Gasteiger partial charge in [-0.25, -0.2) is 0 Å². The average Bonchev–Trinajstić information content (AvgIpc) is 2.77. The summed E-state index contributed by atoms with van der Waals surface area (Å²) in [5.41, 5.74) is 0.402. The molecule has 0 amide bonds.